The Balaban J connectivity index is 2.25. The summed E-state index contributed by atoms with van der Waals surface area (Å²) in [4.78, 5) is 8.02. The van der Waals surface area contributed by atoms with Crippen LogP contribution in [0.15, 0.2) is 34.9 Å². The molecule has 0 fully saturated rings. The molecular weight excluding hydrogens is 321 g/mol. The lowest BCUT2D eigenvalue weighted by Crippen LogP contribution is -2.12. The van der Waals surface area contributed by atoms with Gasteiger partial charge in [0.25, 0.3) is 0 Å². The monoisotopic (exact) mass is 327 g/mol. The third-order valence-corrected chi connectivity index (χ3v) is 2.84. The minimum Gasteiger partial charge on any atom is -0.424 e. The lowest BCUT2D eigenvalue weighted by Gasteiger charge is -2.05. The van der Waals surface area contributed by atoms with E-state index < -0.39 is 5.82 Å². The van der Waals surface area contributed by atoms with E-state index in [1.165, 1.54) is 18.3 Å². The van der Waals surface area contributed by atoms with Gasteiger partial charge < -0.3 is 10.5 Å². The number of thiocarbonyl (C=S) groups is 1. The second kappa shape index (κ2) is 5.36. The van der Waals surface area contributed by atoms with Crippen molar-refractivity contribution in [1.82, 2.24) is 9.97 Å². The van der Waals surface area contributed by atoms with Crippen molar-refractivity contribution in [2.45, 2.75) is 0 Å². The molecular formula is C11H7BrFN3OS. The highest BCUT2D eigenvalue weighted by Crippen LogP contribution is 2.23. The van der Waals surface area contributed by atoms with Gasteiger partial charge in [-0.1, -0.05) is 12.2 Å². The van der Waals surface area contributed by atoms with Crippen molar-refractivity contribution in [3.05, 3.63) is 46.4 Å². The highest BCUT2D eigenvalue weighted by atomic mass is 79.9. The van der Waals surface area contributed by atoms with Gasteiger partial charge in [-0.25, -0.2) is 9.37 Å². The lowest BCUT2D eigenvalue weighted by molar-refractivity contribution is 0.437. The summed E-state index contributed by atoms with van der Waals surface area (Å²) in [5, 5.41) is 0. The van der Waals surface area contributed by atoms with Gasteiger partial charge in [0.1, 0.15) is 22.2 Å². The van der Waals surface area contributed by atoms with Crippen molar-refractivity contribution in [2.75, 3.05) is 0 Å². The molecule has 18 heavy (non-hydrogen) atoms. The van der Waals surface area contributed by atoms with E-state index in [1.807, 2.05) is 0 Å². The van der Waals surface area contributed by atoms with E-state index in [1.54, 1.807) is 12.1 Å². The number of benzene rings is 1. The van der Waals surface area contributed by atoms with Crippen LogP contribution < -0.4 is 10.5 Å². The molecule has 2 N–H and O–H groups in total. The van der Waals surface area contributed by atoms with Gasteiger partial charge in [-0.2, -0.15) is 4.98 Å². The van der Waals surface area contributed by atoms with Crippen molar-refractivity contribution >= 4 is 33.1 Å². The standard InChI is InChI=1S/C11H7BrFN3OS/c12-7-2-1-6(5-8(7)13)17-11-15-4-3-9(16-11)10(14)18/h1-5H,(H2,14,18). The average molecular weight is 328 g/mol. The Bertz CT molecular complexity index is 609. The summed E-state index contributed by atoms with van der Waals surface area (Å²) in [6, 6.07) is 5.96. The summed E-state index contributed by atoms with van der Waals surface area (Å²) < 4.78 is 18.9. The zero-order chi connectivity index (χ0) is 13.1. The van der Waals surface area contributed by atoms with Gasteiger partial charge in [0.05, 0.1) is 4.47 Å². The number of hydrogen-bond donors (Lipinski definition) is 1. The molecule has 1 aromatic carbocycles. The Labute approximate surface area is 116 Å². The molecule has 0 aliphatic carbocycles. The Morgan fingerprint density at radius 1 is 1.39 bits per heavy atom. The van der Waals surface area contributed by atoms with Crippen molar-refractivity contribution in [3.8, 4) is 11.8 Å². The third-order valence-electron chi connectivity index (χ3n) is 1.99. The Morgan fingerprint density at radius 3 is 2.83 bits per heavy atom. The molecule has 2 aromatic rings. The maximum atomic E-state index is 13.3. The first-order chi connectivity index (χ1) is 8.56. The molecule has 1 aromatic heterocycles. The minimum absolute atomic E-state index is 0.0574. The number of rotatable bonds is 3. The smallest absolute Gasteiger partial charge is 0.322 e. The van der Waals surface area contributed by atoms with Crippen LogP contribution in [-0.4, -0.2) is 15.0 Å². The summed E-state index contributed by atoms with van der Waals surface area (Å²) in [5.41, 5.74) is 5.84. The van der Waals surface area contributed by atoms with Crippen LogP contribution >= 0.6 is 28.1 Å². The number of hydrogen-bond acceptors (Lipinski definition) is 4. The largest absolute Gasteiger partial charge is 0.424 e. The first-order valence-corrected chi connectivity index (χ1v) is 6.02. The van der Waals surface area contributed by atoms with Gasteiger partial charge in [0, 0.05) is 12.3 Å². The average Bonchev–Trinajstić information content (AvgIpc) is 2.34. The van der Waals surface area contributed by atoms with Gasteiger partial charge >= 0.3 is 6.01 Å². The molecule has 7 heteroatoms. The maximum absolute atomic E-state index is 13.3. The molecule has 4 nitrogen and oxygen atoms in total. The SMILES string of the molecule is NC(=S)c1ccnc(Oc2ccc(Br)c(F)c2)n1. The highest BCUT2D eigenvalue weighted by Gasteiger charge is 2.06. The van der Waals surface area contributed by atoms with Crippen LogP contribution in [0.5, 0.6) is 11.8 Å². The third kappa shape index (κ3) is 2.99. The Hall–Kier alpha value is -1.60. The first-order valence-electron chi connectivity index (χ1n) is 4.82. The number of nitrogens with two attached hydrogens (primary N) is 1. The van der Waals surface area contributed by atoms with E-state index >= 15 is 0 Å². The number of ether oxygens (including phenoxy) is 1. The molecule has 2 rings (SSSR count). The van der Waals surface area contributed by atoms with Crippen LogP contribution in [0.4, 0.5) is 4.39 Å². The fourth-order valence-corrected chi connectivity index (χ4v) is 1.53. The summed E-state index contributed by atoms with van der Waals surface area (Å²) in [5.74, 6) is -0.145. The van der Waals surface area contributed by atoms with E-state index in [2.05, 4.69) is 25.9 Å². The van der Waals surface area contributed by atoms with Crippen molar-refractivity contribution in [2.24, 2.45) is 5.73 Å². The molecule has 0 aliphatic heterocycles. The van der Waals surface area contributed by atoms with Gasteiger partial charge in [-0.05, 0) is 34.1 Å². The van der Waals surface area contributed by atoms with E-state index in [9.17, 15) is 4.39 Å². The quantitative estimate of drug-likeness (QED) is 0.878. The molecule has 0 bridgehead atoms. The van der Waals surface area contributed by atoms with Crippen molar-refractivity contribution < 1.29 is 9.13 Å². The predicted molar refractivity (Wildman–Crippen MR) is 72.1 cm³/mol. The summed E-state index contributed by atoms with van der Waals surface area (Å²) in [6.07, 6.45) is 1.46. The zero-order valence-corrected chi connectivity index (χ0v) is 11.3. The topological polar surface area (TPSA) is 61.0 Å². The molecule has 1 heterocycles. The molecule has 0 atom stereocenters. The summed E-state index contributed by atoms with van der Waals surface area (Å²) in [6.45, 7) is 0. The van der Waals surface area contributed by atoms with Gasteiger partial charge in [-0.3, -0.25) is 0 Å². The normalized spacial score (nSPS) is 10.1. The first kappa shape index (κ1) is 12.8. The Kier molecular flexibility index (Phi) is 3.83. The van der Waals surface area contributed by atoms with E-state index in [-0.39, 0.29) is 16.7 Å². The van der Waals surface area contributed by atoms with Crippen LogP contribution in [0, 0.1) is 5.82 Å². The van der Waals surface area contributed by atoms with Gasteiger partial charge in [0.15, 0.2) is 0 Å². The molecule has 92 valence electrons. The summed E-state index contributed by atoms with van der Waals surface area (Å²) in [7, 11) is 0. The lowest BCUT2D eigenvalue weighted by atomic mass is 10.3. The molecule has 0 radical (unpaired) electrons. The fraction of sp³-hybridized carbons (Fsp3) is 0. The Morgan fingerprint density at radius 2 is 2.17 bits per heavy atom. The minimum atomic E-state index is -0.432. The molecule has 0 aliphatic rings. The zero-order valence-electron chi connectivity index (χ0n) is 8.93. The second-order valence-corrected chi connectivity index (χ2v) is 4.56. The molecule has 0 unspecified atom stereocenters. The van der Waals surface area contributed by atoms with E-state index in [0.29, 0.717) is 10.2 Å². The van der Waals surface area contributed by atoms with Gasteiger partial charge in [0.2, 0.25) is 0 Å². The van der Waals surface area contributed by atoms with Crippen LogP contribution in [0.2, 0.25) is 0 Å². The maximum Gasteiger partial charge on any atom is 0.322 e. The van der Waals surface area contributed by atoms with Crippen LogP contribution in [-0.2, 0) is 0 Å². The summed E-state index contributed by atoms with van der Waals surface area (Å²) >= 11 is 7.84. The van der Waals surface area contributed by atoms with E-state index in [0.717, 1.165) is 0 Å². The molecule has 0 saturated carbocycles. The van der Waals surface area contributed by atoms with Crippen molar-refractivity contribution in [1.29, 1.82) is 0 Å². The molecule has 0 saturated heterocycles. The molecule has 0 spiro atoms. The van der Waals surface area contributed by atoms with Crippen LogP contribution in [0.1, 0.15) is 5.69 Å². The van der Waals surface area contributed by atoms with Crippen LogP contribution in [0.25, 0.3) is 0 Å². The predicted octanol–water partition coefficient (Wildman–Crippen LogP) is 2.80. The van der Waals surface area contributed by atoms with Crippen LogP contribution in [0.3, 0.4) is 0 Å². The fourth-order valence-electron chi connectivity index (χ4n) is 1.17. The second-order valence-electron chi connectivity index (χ2n) is 3.27. The number of aromatic nitrogens is 2. The number of nitrogens with zero attached hydrogens (tertiary/aromatic N) is 2. The van der Waals surface area contributed by atoms with E-state index in [4.69, 9.17) is 22.7 Å². The van der Waals surface area contributed by atoms with Crippen molar-refractivity contribution in [3.63, 3.8) is 0 Å². The number of halogens is 2. The highest BCUT2D eigenvalue weighted by molar-refractivity contribution is 9.10. The molecule has 0 amide bonds. The van der Waals surface area contributed by atoms with Gasteiger partial charge in [-0.15, -0.1) is 0 Å².